The maximum atomic E-state index is 15.2. The van der Waals surface area contributed by atoms with Crippen molar-refractivity contribution in [3.8, 4) is 23.0 Å². The number of rotatable bonds is 13. The molecule has 1 aromatic heterocycles. The summed E-state index contributed by atoms with van der Waals surface area (Å²) in [4.78, 5) is 19.9. The van der Waals surface area contributed by atoms with Crippen molar-refractivity contribution in [3.05, 3.63) is 78.5 Å². The Labute approximate surface area is 260 Å². The van der Waals surface area contributed by atoms with Gasteiger partial charge in [-0.15, -0.1) is 0 Å². The highest BCUT2D eigenvalue weighted by molar-refractivity contribution is 5.97. The standard InChI is InChI=1S/C34H37F2N5O4/c1-43-31-20-26-28(21-32(31)44-18-2-15-41-16-13-37-14-17-41)38-12-9-29(26)45-30-8-7-25(19-27(30)36)40-33(42)34(10-11-34)22-39-24-5-3-23(35)4-6-24/h3-9,12,19-21,37,39H,2,10-11,13-18,22H2,1H3,(H,40,42). The molecule has 0 bridgehead atoms. The Bertz CT molecular complexity index is 1640. The van der Waals surface area contributed by atoms with Crippen LogP contribution in [0.3, 0.4) is 0 Å². The number of nitrogens with zero attached hydrogens (tertiary/aromatic N) is 2. The third kappa shape index (κ3) is 7.43. The Morgan fingerprint density at radius 1 is 0.956 bits per heavy atom. The van der Waals surface area contributed by atoms with E-state index in [-0.39, 0.29) is 17.5 Å². The number of aromatic nitrogens is 1. The molecule has 0 radical (unpaired) electrons. The van der Waals surface area contributed by atoms with E-state index in [1.807, 2.05) is 0 Å². The molecule has 2 fully saturated rings. The van der Waals surface area contributed by atoms with E-state index >= 15 is 4.39 Å². The summed E-state index contributed by atoms with van der Waals surface area (Å²) < 4.78 is 46.1. The SMILES string of the molecule is COc1cc2c(Oc3ccc(NC(=O)C4(CNc5ccc(F)cc5)CC4)cc3F)ccnc2cc1OCCCN1CCNCC1. The molecule has 2 aliphatic rings. The van der Waals surface area contributed by atoms with Gasteiger partial charge in [-0.25, -0.2) is 8.78 Å². The molecular formula is C34H37F2N5O4. The largest absolute Gasteiger partial charge is 0.493 e. The summed E-state index contributed by atoms with van der Waals surface area (Å²) in [5, 5.41) is 10.0. The maximum absolute atomic E-state index is 15.2. The van der Waals surface area contributed by atoms with Crippen LogP contribution in [-0.4, -0.2) is 68.8 Å². The van der Waals surface area contributed by atoms with Gasteiger partial charge in [0.05, 0.1) is 24.6 Å². The Hall–Kier alpha value is -4.48. The molecule has 0 spiro atoms. The third-order valence-electron chi connectivity index (χ3n) is 8.29. The summed E-state index contributed by atoms with van der Waals surface area (Å²) in [5.41, 5.74) is 1.09. The number of fused-ring (bicyclic) bond motifs is 1. The lowest BCUT2D eigenvalue weighted by Crippen LogP contribution is -2.43. The average Bonchev–Trinajstić information content (AvgIpc) is 3.86. The fourth-order valence-corrected chi connectivity index (χ4v) is 5.41. The molecule has 0 unspecified atom stereocenters. The Balaban J connectivity index is 1.08. The van der Waals surface area contributed by atoms with Gasteiger partial charge in [-0.1, -0.05) is 0 Å². The van der Waals surface area contributed by atoms with Crippen LogP contribution in [-0.2, 0) is 4.79 Å². The third-order valence-corrected chi connectivity index (χ3v) is 8.29. The second-order valence-electron chi connectivity index (χ2n) is 11.5. The summed E-state index contributed by atoms with van der Waals surface area (Å²) in [6, 6.07) is 15.6. The van der Waals surface area contributed by atoms with Gasteiger partial charge in [0, 0.05) is 74.4 Å². The molecule has 236 valence electrons. The van der Waals surface area contributed by atoms with E-state index in [1.54, 1.807) is 49.7 Å². The minimum Gasteiger partial charge on any atom is -0.493 e. The second kappa shape index (κ2) is 13.7. The number of carbonyl (C=O) groups excluding carboxylic acids is 1. The smallest absolute Gasteiger partial charge is 0.232 e. The van der Waals surface area contributed by atoms with Gasteiger partial charge < -0.3 is 35.1 Å². The van der Waals surface area contributed by atoms with E-state index in [2.05, 4.69) is 25.8 Å². The molecule has 45 heavy (non-hydrogen) atoms. The van der Waals surface area contributed by atoms with Crippen molar-refractivity contribution >= 4 is 28.2 Å². The number of piperazine rings is 1. The van der Waals surface area contributed by atoms with Crippen LogP contribution in [0, 0.1) is 17.0 Å². The second-order valence-corrected chi connectivity index (χ2v) is 11.5. The monoisotopic (exact) mass is 617 g/mol. The van der Waals surface area contributed by atoms with Crippen molar-refractivity contribution < 1.29 is 27.8 Å². The van der Waals surface area contributed by atoms with Crippen LogP contribution in [0.5, 0.6) is 23.0 Å². The molecule has 3 aromatic carbocycles. The van der Waals surface area contributed by atoms with Gasteiger partial charge in [0.15, 0.2) is 23.1 Å². The predicted molar refractivity (Wildman–Crippen MR) is 169 cm³/mol. The highest BCUT2D eigenvalue weighted by Gasteiger charge is 2.49. The molecule has 1 saturated carbocycles. The molecular weight excluding hydrogens is 580 g/mol. The van der Waals surface area contributed by atoms with Crippen molar-refractivity contribution in [2.75, 3.05) is 63.6 Å². The van der Waals surface area contributed by atoms with Gasteiger partial charge in [0.1, 0.15) is 11.6 Å². The number of methoxy groups -OCH3 is 1. The first-order valence-electron chi connectivity index (χ1n) is 15.2. The molecule has 2 heterocycles. The molecule has 1 saturated heterocycles. The quantitative estimate of drug-likeness (QED) is 0.162. The summed E-state index contributed by atoms with van der Waals surface area (Å²) in [6.07, 6.45) is 3.90. The number of amides is 1. The van der Waals surface area contributed by atoms with E-state index < -0.39 is 11.2 Å². The van der Waals surface area contributed by atoms with Crippen LogP contribution in [0.15, 0.2) is 66.9 Å². The summed E-state index contributed by atoms with van der Waals surface area (Å²) in [6.45, 7) is 6.03. The molecule has 4 aromatic rings. The highest BCUT2D eigenvalue weighted by atomic mass is 19.1. The van der Waals surface area contributed by atoms with Gasteiger partial charge >= 0.3 is 0 Å². The van der Waals surface area contributed by atoms with E-state index in [0.717, 1.165) is 44.8 Å². The summed E-state index contributed by atoms with van der Waals surface area (Å²) in [7, 11) is 1.57. The van der Waals surface area contributed by atoms with Gasteiger partial charge in [-0.05, 0) is 67.8 Å². The molecule has 0 atom stereocenters. The number of hydrogen-bond donors (Lipinski definition) is 3. The van der Waals surface area contributed by atoms with E-state index in [1.165, 1.54) is 24.3 Å². The van der Waals surface area contributed by atoms with Crippen LogP contribution in [0.25, 0.3) is 10.9 Å². The number of benzene rings is 3. The Morgan fingerprint density at radius 3 is 2.47 bits per heavy atom. The number of hydrogen-bond acceptors (Lipinski definition) is 8. The van der Waals surface area contributed by atoms with E-state index in [9.17, 15) is 9.18 Å². The Morgan fingerprint density at radius 2 is 1.73 bits per heavy atom. The van der Waals surface area contributed by atoms with Crippen LogP contribution >= 0.6 is 0 Å². The zero-order chi connectivity index (χ0) is 31.2. The number of pyridine rings is 1. The van der Waals surface area contributed by atoms with Gasteiger partial charge in [0.25, 0.3) is 0 Å². The number of ether oxygens (including phenoxy) is 3. The zero-order valence-corrected chi connectivity index (χ0v) is 25.2. The van der Waals surface area contributed by atoms with Gasteiger partial charge in [0.2, 0.25) is 5.91 Å². The highest BCUT2D eigenvalue weighted by Crippen LogP contribution is 2.47. The molecule has 1 amide bonds. The number of nitrogens with one attached hydrogen (secondary N) is 3. The average molecular weight is 618 g/mol. The van der Waals surface area contributed by atoms with Crippen LogP contribution in [0.1, 0.15) is 19.3 Å². The van der Waals surface area contributed by atoms with Crippen LogP contribution in [0.4, 0.5) is 20.2 Å². The first-order chi connectivity index (χ1) is 21.9. The van der Waals surface area contributed by atoms with Crippen molar-refractivity contribution in [1.82, 2.24) is 15.2 Å². The van der Waals surface area contributed by atoms with Gasteiger partial charge in [-0.3, -0.25) is 9.78 Å². The lowest BCUT2D eigenvalue weighted by Gasteiger charge is -2.27. The minimum atomic E-state index is -0.622. The molecule has 1 aliphatic carbocycles. The lowest BCUT2D eigenvalue weighted by atomic mass is 10.1. The van der Waals surface area contributed by atoms with Crippen LogP contribution in [0.2, 0.25) is 0 Å². The number of carbonyl (C=O) groups is 1. The van der Waals surface area contributed by atoms with E-state index in [0.29, 0.717) is 59.8 Å². The first-order valence-corrected chi connectivity index (χ1v) is 15.2. The summed E-state index contributed by atoms with van der Waals surface area (Å²) >= 11 is 0. The minimum absolute atomic E-state index is 0.00631. The lowest BCUT2D eigenvalue weighted by molar-refractivity contribution is -0.120. The van der Waals surface area contributed by atoms with Crippen molar-refractivity contribution in [3.63, 3.8) is 0 Å². The number of anilines is 2. The molecule has 3 N–H and O–H groups in total. The van der Waals surface area contributed by atoms with Crippen molar-refractivity contribution in [2.24, 2.45) is 5.41 Å². The molecule has 6 rings (SSSR count). The number of halogens is 2. The zero-order valence-electron chi connectivity index (χ0n) is 25.2. The van der Waals surface area contributed by atoms with E-state index in [4.69, 9.17) is 14.2 Å². The van der Waals surface area contributed by atoms with Gasteiger partial charge in [-0.2, -0.15) is 0 Å². The molecule has 9 nitrogen and oxygen atoms in total. The predicted octanol–water partition coefficient (Wildman–Crippen LogP) is 5.82. The normalized spacial score (nSPS) is 15.8. The van der Waals surface area contributed by atoms with Crippen molar-refractivity contribution in [2.45, 2.75) is 19.3 Å². The molecule has 1 aliphatic heterocycles. The van der Waals surface area contributed by atoms with Crippen molar-refractivity contribution in [1.29, 1.82) is 0 Å². The summed E-state index contributed by atoms with van der Waals surface area (Å²) in [5.74, 6) is 0.390. The fourth-order valence-electron chi connectivity index (χ4n) is 5.41. The Kier molecular flexibility index (Phi) is 9.27. The maximum Gasteiger partial charge on any atom is 0.232 e. The molecule has 11 heteroatoms. The topological polar surface area (TPSA) is 97.0 Å². The van der Waals surface area contributed by atoms with Crippen LogP contribution < -0.4 is 30.2 Å². The fraction of sp³-hybridized carbons (Fsp3) is 0.353. The first kappa shape index (κ1) is 30.5.